The van der Waals surface area contributed by atoms with Crippen LogP contribution >= 0.6 is 0 Å². The van der Waals surface area contributed by atoms with Crippen LogP contribution < -0.4 is 0 Å². The number of hydrogen-bond donors (Lipinski definition) is 0. The van der Waals surface area contributed by atoms with E-state index in [1.54, 1.807) is 0 Å². The molecule has 0 saturated heterocycles. The molecule has 13 heavy (non-hydrogen) atoms. The van der Waals surface area contributed by atoms with Gasteiger partial charge < -0.3 is 4.57 Å². The quantitative estimate of drug-likeness (QED) is 0.684. The largest absolute Gasteiger partial charge is 0.337 e. The number of nitrogens with zero attached hydrogens (tertiary/aromatic N) is 2. The van der Waals surface area contributed by atoms with Crippen LogP contribution in [0.15, 0.2) is 12.5 Å². The summed E-state index contributed by atoms with van der Waals surface area (Å²) in [6.45, 7) is 12.1. The van der Waals surface area contributed by atoms with Gasteiger partial charge in [-0.25, -0.2) is 4.98 Å². The highest BCUT2D eigenvalue weighted by Crippen LogP contribution is 2.18. The summed E-state index contributed by atoms with van der Waals surface area (Å²) >= 11 is 0. The van der Waals surface area contributed by atoms with Crippen LogP contribution in [0.2, 0.25) is 0 Å². The van der Waals surface area contributed by atoms with Crippen molar-refractivity contribution in [2.75, 3.05) is 0 Å². The predicted molar refractivity (Wildman–Crippen MR) is 55.8 cm³/mol. The Morgan fingerprint density at radius 2 is 2.00 bits per heavy atom. The molecule has 0 aromatic carbocycles. The van der Waals surface area contributed by atoms with Gasteiger partial charge in [-0.2, -0.15) is 0 Å². The minimum Gasteiger partial charge on any atom is -0.337 e. The normalized spacial score (nSPS) is 12.5. The molecule has 1 rings (SSSR count). The zero-order chi connectivity index (χ0) is 10.1. The molecular weight excluding hydrogens is 160 g/mol. The second-order valence-corrected chi connectivity index (χ2v) is 5.19. The van der Waals surface area contributed by atoms with Crippen LogP contribution in [-0.4, -0.2) is 9.55 Å². The fourth-order valence-electron chi connectivity index (χ4n) is 1.31. The van der Waals surface area contributed by atoms with Crippen LogP contribution in [0.1, 0.15) is 46.2 Å². The molecular formula is C11H20N2. The van der Waals surface area contributed by atoms with Gasteiger partial charge in [0.15, 0.2) is 0 Å². The van der Waals surface area contributed by atoms with Gasteiger partial charge in [-0.05, 0) is 11.3 Å². The van der Waals surface area contributed by atoms with Crippen LogP contribution in [0, 0.1) is 5.41 Å². The molecule has 0 saturated carbocycles. The lowest BCUT2D eigenvalue weighted by Gasteiger charge is -2.18. The Hall–Kier alpha value is -0.790. The minimum absolute atomic E-state index is 0.328. The van der Waals surface area contributed by atoms with Crippen LogP contribution in [0.5, 0.6) is 0 Å². The monoisotopic (exact) mass is 180 g/mol. The average molecular weight is 180 g/mol. The van der Waals surface area contributed by atoms with Crippen molar-refractivity contribution in [1.29, 1.82) is 0 Å². The topological polar surface area (TPSA) is 17.8 Å². The summed E-state index contributed by atoms with van der Waals surface area (Å²) in [6, 6.07) is 0. The lowest BCUT2D eigenvalue weighted by molar-refractivity contribution is 0.343. The summed E-state index contributed by atoms with van der Waals surface area (Å²) in [6.07, 6.45) is 4.08. The molecule has 2 nitrogen and oxygen atoms in total. The molecule has 0 radical (unpaired) electrons. The summed E-state index contributed by atoms with van der Waals surface area (Å²) < 4.78 is 2.18. The first kappa shape index (κ1) is 10.3. The molecule has 0 amide bonds. The molecule has 0 aliphatic heterocycles. The Morgan fingerprint density at radius 3 is 2.38 bits per heavy atom. The van der Waals surface area contributed by atoms with E-state index in [4.69, 9.17) is 0 Å². The smallest absolute Gasteiger partial charge is 0.0949 e. The molecule has 0 unspecified atom stereocenters. The van der Waals surface area contributed by atoms with Crippen molar-refractivity contribution >= 4 is 0 Å². The van der Waals surface area contributed by atoms with E-state index in [2.05, 4.69) is 50.4 Å². The fourth-order valence-corrected chi connectivity index (χ4v) is 1.31. The van der Waals surface area contributed by atoms with Crippen LogP contribution in [-0.2, 0) is 6.54 Å². The maximum absolute atomic E-state index is 4.36. The van der Waals surface area contributed by atoms with Gasteiger partial charge in [-0.1, -0.05) is 34.6 Å². The molecule has 0 aliphatic rings. The summed E-state index contributed by atoms with van der Waals surface area (Å²) in [5.74, 6) is 0.529. The Kier molecular flexibility index (Phi) is 2.79. The van der Waals surface area contributed by atoms with E-state index in [-0.39, 0.29) is 0 Å². The van der Waals surface area contributed by atoms with Crippen molar-refractivity contribution in [3.05, 3.63) is 18.2 Å². The molecule has 0 atom stereocenters. The predicted octanol–water partition coefficient (Wildman–Crippen LogP) is 3.05. The molecule has 0 fully saturated rings. The maximum atomic E-state index is 4.36. The lowest BCUT2D eigenvalue weighted by Crippen LogP contribution is -2.14. The van der Waals surface area contributed by atoms with Crippen molar-refractivity contribution in [1.82, 2.24) is 9.55 Å². The van der Waals surface area contributed by atoms with Crippen LogP contribution in [0.25, 0.3) is 0 Å². The standard InChI is InChI=1S/C11H20N2/c1-9(2)10-6-13(8-12-10)7-11(3,4)5/h6,8-9H,7H2,1-5H3. The van der Waals surface area contributed by atoms with Crippen molar-refractivity contribution in [3.63, 3.8) is 0 Å². The molecule has 0 bridgehead atoms. The van der Waals surface area contributed by atoms with Crippen molar-refractivity contribution in [3.8, 4) is 0 Å². The second kappa shape index (κ2) is 3.52. The molecule has 2 heteroatoms. The van der Waals surface area contributed by atoms with Crippen molar-refractivity contribution in [2.45, 2.75) is 47.1 Å². The van der Waals surface area contributed by atoms with Gasteiger partial charge in [0.1, 0.15) is 0 Å². The van der Waals surface area contributed by atoms with E-state index < -0.39 is 0 Å². The molecule has 0 aliphatic carbocycles. The highest BCUT2D eigenvalue weighted by atomic mass is 15.0. The van der Waals surface area contributed by atoms with E-state index in [0.717, 1.165) is 6.54 Å². The molecule has 1 aromatic rings. The Labute approximate surface area is 81.0 Å². The number of aromatic nitrogens is 2. The Balaban J connectivity index is 2.70. The van der Waals surface area contributed by atoms with E-state index in [1.807, 2.05) is 6.33 Å². The fraction of sp³-hybridized carbons (Fsp3) is 0.727. The zero-order valence-electron chi connectivity index (χ0n) is 9.33. The Morgan fingerprint density at radius 1 is 1.38 bits per heavy atom. The van der Waals surface area contributed by atoms with E-state index >= 15 is 0 Å². The molecule has 1 heterocycles. The van der Waals surface area contributed by atoms with Crippen LogP contribution in [0.4, 0.5) is 0 Å². The molecule has 1 aromatic heterocycles. The first-order valence-electron chi connectivity index (χ1n) is 4.90. The third-order valence-corrected chi connectivity index (χ3v) is 1.90. The van der Waals surface area contributed by atoms with Crippen molar-refractivity contribution < 1.29 is 0 Å². The average Bonchev–Trinajstić information content (AvgIpc) is 2.31. The molecule has 74 valence electrons. The first-order valence-corrected chi connectivity index (χ1v) is 4.90. The SMILES string of the molecule is CC(C)c1cn(CC(C)(C)C)cn1. The second-order valence-electron chi connectivity index (χ2n) is 5.19. The number of imidazole rings is 1. The van der Waals surface area contributed by atoms with Gasteiger partial charge in [0.05, 0.1) is 12.0 Å². The first-order chi connectivity index (χ1) is 5.88. The number of hydrogen-bond acceptors (Lipinski definition) is 1. The number of rotatable bonds is 2. The summed E-state index contributed by atoms with van der Waals surface area (Å²) in [7, 11) is 0. The Bertz CT molecular complexity index is 266. The highest BCUT2D eigenvalue weighted by molar-refractivity contribution is 5.02. The molecule has 0 N–H and O–H groups in total. The highest BCUT2D eigenvalue weighted by Gasteiger charge is 2.11. The van der Waals surface area contributed by atoms with E-state index in [1.165, 1.54) is 5.69 Å². The van der Waals surface area contributed by atoms with E-state index in [9.17, 15) is 0 Å². The zero-order valence-corrected chi connectivity index (χ0v) is 9.33. The summed E-state index contributed by atoms with van der Waals surface area (Å²) in [5.41, 5.74) is 1.51. The van der Waals surface area contributed by atoms with Crippen LogP contribution in [0.3, 0.4) is 0 Å². The van der Waals surface area contributed by atoms with Gasteiger partial charge in [0.25, 0.3) is 0 Å². The third-order valence-electron chi connectivity index (χ3n) is 1.90. The minimum atomic E-state index is 0.328. The van der Waals surface area contributed by atoms with Gasteiger partial charge in [0, 0.05) is 12.7 Å². The molecule has 0 spiro atoms. The summed E-state index contributed by atoms with van der Waals surface area (Å²) in [4.78, 5) is 4.36. The maximum Gasteiger partial charge on any atom is 0.0949 e. The van der Waals surface area contributed by atoms with Gasteiger partial charge in [0.2, 0.25) is 0 Å². The van der Waals surface area contributed by atoms with E-state index in [0.29, 0.717) is 11.3 Å². The van der Waals surface area contributed by atoms with Crippen molar-refractivity contribution in [2.24, 2.45) is 5.41 Å². The lowest BCUT2D eigenvalue weighted by atomic mass is 9.97. The van der Waals surface area contributed by atoms with Gasteiger partial charge >= 0.3 is 0 Å². The van der Waals surface area contributed by atoms with Gasteiger partial charge in [-0.15, -0.1) is 0 Å². The summed E-state index contributed by atoms with van der Waals surface area (Å²) in [5, 5.41) is 0. The third kappa shape index (κ3) is 3.21. The van der Waals surface area contributed by atoms with Gasteiger partial charge in [-0.3, -0.25) is 0 Å².